The van der Waals surface area contributed by atoms with Crippen LogP contribution in [0.15, 0.2) is 30.6 Å². The van der Waals surface area contributed by atoms with Crippen LogP contribution in [-0.2, 0) is 4.74 Å². The van der Waals surface area contributed by atoms with Crippen molar-refractivity contribution < 1.29 is 4.74 Å². The molecule has 1 aliphatic rings. The number of nitrogens with zero attached hydrogens (tertiary/aromatic N) is 2. The summed E-state index contributed by atoms with van der Waals surface area (Å²) in [7, 11) is 0. The van der Waals surface area contributed by atoms with Crippen molar-refractivity contribution in [3.05, 3.63) is 30.6 Å². The fourth-order valence-corrected chi connectivity index (χ4v) is 2.39. The Morgan fingerprint density at radius 2 is 2.22 bits per heavy atom. The number of hydrogen-bond acceptors (Lipinski definition) is 4. The molecule has 0 radical (unpaired) electrons. The molecule has 1 N–H and O–H groups in total. The summed E-state index contributed by atoms with van der Waals surface area (Å²) in [6.07, 6.45) is 3.84. The molecule has 0 bridgehead atoms. The summed E-state index contributed by atoms with van der Waals surface area (Å²) in [4.78, 5) is 8.58. The monoisotopic (exact) mass is 243 g/mol. The number of benzene rings is 1. The van der Waals surface area contributed by atoms with Gasteiger partial charge in [0.1, 0.15) is 12.1 Å². The normalized spacial score (nSPS) is 23.4. The molecule has 0 saturated carbocycles. The number of para-hydroxylation sites is 1. The van der Waals surface area contributed by atoms with Crippen LogP contribution in [0.3, 0.4) is 0 Å². The first-order valence-corrected chi connectivity index (χ1v) is 6.34. The molecule has 0 amide bonds. The summed E-state index contributed by atoms with van der Waals surface area (Å²) in [5.41, 5.74) is 0.902. The van der Waals surface area contributed by atoms with E-state index in [0.29, 0.717) is 0 Å². The second kappa shape index (κ2) is 4.53. The molecule has 1 aromatic heterocycles. The molecule has 1 fully saturated rings. The van der Waals surface area contributed by atoms with Crippen LogP contribution in [0.4, 0.5) is 5.82 Å². The van der Waals surface area contributed by atoms with Crippen LogP contribution >= 0.6 is 0 Å². The molecule has 1 unspecified atom stereocenters. The number of rotatable bonds is 3. The van der Waals surface area contributed by atoms with E-state index in [2.05, 4.69) is 22.2 Å². The van der Waals surface area contributed by atoms with Gasteiger partial charge in [-0.05, 0) is 31.9 Å². The molecule has 1 saturated heterocycles. The molecule has 0 spiro atoms. The number of fused-ring (bicyclic) bond motifs is 1. The van der Waals surface area contributed by atoms with E-state index in [1.807, 2.05) is 24.3 Å². The Morgan fingerprint density at radius 3 is 3.06 bits per heavy atom. The Bertz CT molecular complexity index is 544. The molecule has 2 heterocycles. The molecule has 1 atom stereocenters. The van der Waals surface area contributed by atoms with Crippen LogP contribution in [0.25, 0.3) is 10.9 Å². The smallest absolute Gasteiger partial charge is 0.137 e. The summed E-state index contributed by atoms with van der Waals surface area (Å²) < 4.78 is 5.77. The SMILES string of the molecule is CC1(CNc2ncnc3ccccc23)CCCO1. The zero-order chi connectivity index (χ0) is 12.4. The quantitative estimate of drug-likeness (QED) is 0.900. The van der Waals surface area contributed by atoms with Gasteiger partial charge in [0.15, 0.2) is 0 Å². The fourth-order valence-electron chi connectivity index (χ4n) is 2.39. The first-order valence-electron chi connectivity index (χ1n) is 6.34. The van der Waals surface area contributed by atoms with Gasteiger partial charge < -0.3 is 10.1 Å². The standard InChI is InChI=1S/C14H17N3O/c1-14(7-4-8-18-14)9-15-13-11-5-2-3-6-12(11)16-10-17-13/h2-3,5-6,10H,4,7-9H2,1H3,(H,15,16,17). The maximum Gasteiger partial charge on any atom is 0.137 e. The molecule has 4 heteroatoms. The van der Waals surface area contributed by atoms with Gasteiger partial charge in [0, 0.05) is 18.5 Å². The zero-order valence-corrected chi connectivity index (χ0v) is 10.5. The maximum absolute atomic E-state index is 5.77. The Kier molecular flexibility index (Phi) is 2.88. The van der Waals surface area contributed by atoms with Crippen molar-refractivity contribution in [2.24, 2.45) is 0 Å². The zero-order valence-electron chi connectivity index (χ0n) is 10.5. The number of hydrogen-bond donors (Lipinski definition) is 1. The van der Waals surface area contributed by atoms with Gasteiger partial charge in [-0.1, -0.05) is 12.1 Å². The van der Waals surface area contributed by atoms with E-state index in [0.717, 1.165) is 42.7 Å². The van der Waals surface area contributed by atoms with E-state index in [9.17, 15) is 0 Å². The van der Waals surface area contributed by atoms with Gasteiger partial charge in [-0.15, -0.1) is 0 Å². The Hall–Kier alpha value is -1.68. The van der Waals surface area contributed by atoms with Crippen LogP contribution in [0, 0.1) is 0 Å². The average Bonchev–Trinajstić information content (AvgIpc) is 2.84. The van der Waals surface area contributed by atoms with Gasteiger partial charge in [-0.2, -0.15) is 0 Å². The predicted octanol–water partition coefficient (Wildman–Crippen LogP) is 2.61. The van der Waals surface area contributed by atoms with Gasteiger partial charge >= 0.3 is 0 Å². The van der Waals surface area contributed by atoms with Gasteiger partial charge in [0.05, 0.1) is 11.1 Å². The number of ether oxygens (including phenoxy) is 1. The lowest BCUT2D eigenvalue weighted by Crippen LogP contribution is -2.32. The first-order chi connectivity index (χ1) is 8.77. The van der Waals surface area contributed by atoms with E-state index in [1.165, 1.54) is 0 Å². The Labute approximate surface area is 106 Å². The summed E-state index contributed by atoms with van der Waals surface area (Å²) in [6.45, 7) is 3.80. The van der Waals surface area contributed by atoms with E-state index < -0.39 is 0 Å². The fraction of sp³-hybridized carbons (Fsp3) is 0.429. The third-order valence-corrected chi connectivity index (χ3v) is 3.47. The summed E-state index contributed by atoms with van der Waals surface area (Å²) in [5, 5.41) is 4.45. The molecule has 94 valence electrons. The predicted molar refractivity (Wildman–Crippen MR) is 71.6 cm³/mol. The highest BCUT2D eigenvalue weighted by Gasteiger charge is 2.29. The van der Waals surface area contributed by atoms with E-state index in [-0.39, 0.29) is 5.60 Å². The van der Waals surface area contributed by atoms with E-state index in [4.69, 9.17) is 4.74 Å². The van der Waals surface area contributed by atoms with Gasteiger partial charge in [-0.25, -0.2) is 9.97 Å². The van der Waals surface area contributed by atoms with Crippen molar-refractivity contribution >= 4 is 16.7 Å². The first kappa shape index (κ1) is 11.4. The molecule has 3 rings (SSSR count). The highest BCUT2D eigenvalue weighted by molar-refractivity contribution is 5.88. The lowest BCUT2D eigenvalue weighted by molar-refractivity contribution is 0.0315. The minimum Gasteiger partial charge on any atom is -0.373 e. The van der Waals surface area contributed by atoms with Gasteiger partial charge in [0.2, 0.25) is 0 Å². The maximum atomic E-state index is 5.77. The van der Waals surface area contributed by atoms with Crippen molar-refractivity contribution in [1.29, 1.82) is 0 Å². The van der Waals surface area contributed by atoms with Crippen molar-refractivity contribution in [2.45, 2.75) is 25.4 Å². The molecule has 1 aromatic carbocycles. The second-order valence-corrected chi connectivity index (χ2v) is 4.99. The van der Waals surface area contributed by atoms with Crippen LogP contribution in [0.5, 0.6) is 0 Å². The molecule has 1 aliphatic heterocycles. The van der Waals surface area contributed by atoms with Crippen LogP contribution in [-0.4, -0.2) is 28.7 Å². The van der Waals surface area contributed by atoms with Crippen molar-refractivity contribution in [3.63, 3.8) is 0 Å². The largest absolute Gasteiger partial charge is 0.373 e. The Morgan fingerprint density at radius 1 is 1.33 bits per heavy atom. The molecular weight excluding hydrogens is 226 g/mol. The summed E-state index contributed by atoms with van der Waals surface area (Å²) in [6, 6.07) is 8.02. The van der Waals surface area contributed by atoms with Crippen LogP contribution < -0.4 is 5.32 Å². The highest BCUT2D eigenvalue weighted by atomic mass is 16.5. The molecule has 0 aliphatic carbocycles. The van der Waals surface area contributed by atoms with Gasteiger partial charge in [0.25, 0.3) is 0 Å². The third kappa shape index (κ3) is 2.16. The summed E-state index contributed by atoms with van der Waals surface area (Å²) in [5.74, 6) is 0.886. The second-order valence-electron chi connectivity index (χ2n) is 4.99. The minimum atomic E-state index is -0.0634. The topological polar surface area (TPSA) is 47.0 Å². The third-order valence-electron chi connectivity index (χ3n) is 3.47. The van der Waals surface area contributed by atoms with E-state index in [1.54, 1.807) is 6.33 Å². The van der Waals surface area contributed by atoms with Gasteiger partial charge in [-0.3, -0.25) is 0 Å². The van der Waals surface area contributed by atoms with Crippen molar-refractivity contribution in [2.75, 3.05) is 18.5 Å². The minimum absolute atomic E-state index is 0.0634. The number of nitrogens with one attached hydrogen (secondary N) is 1. The van der Waals surface area contributed by atoms with E-state index >= 15 is 0 Å². The lowest BCUT2D eigenvalue weighted by Gasteiger charge is -2.23. The van der Waals surface area contributed by atoms with Crippen LogP contribution in [0.1, 0.15) is 19.8 Å². The van der Waals surface area contributed by atoms with Crippen LogP contribution in [0.2, 0.25) is 0 Å². The molecular formula is C14H17N3O. The molecule has 4 nitrogen and oxygen atoms in total. The van der Waals surface area contributed by atoms with Crippen molar-refractivity contribution in [3.8, 4) is 0 Å². The summed E-state index contributed by atoms with van der Waals surface area (Å²) >= 11 is 0. The highest BCUT2D eigenvalue weighted by Crippen LogP contribution is 2.26. The molecule has 18 heavy (non-hydrogen) atoms. The van der Waals surface area contributed by atoms with Crippen molar-refractivity contribution in [1.82, 2.24) is 9.97 Å². The Balaban J connectivity index is 1.82. The average molecular weight is 243 g/mol. The number of anilines is 1. The number of aromatic nitrogens is 2. The lowest BCUT2D eigenvalue weighted by atomic mass is 10.0. The molecule has 2 aromatic rings.